The molecular formula is C16H20N4. The zero-order valence-electron chi connectivity index (χ0n) is 11.7. The summed E-state index contributed by atoms with van der Waals surface area (Å²) >= 11 is 0. The second-order valence-corrected chi connectivity index (χ2v) is 5.13. The third-order valence-corrected chi connectivity index (χ3v) is 3.67. The van der Waals surface area contributed by atoms with E-state index in [4.69, 9.17) is 0 Å². The Morgan fingerprint density at radius 1 is 0.850 bits per heavy atom. The van der Waals surface area contributed by atoms with Gasteiger partial charge in [0.05, 0.1) is 5.69 Å². The fourth-order valence-electron chi connectivity index (χ4n) is 2.62. The summed E-state index contributed by atoms with van der Waals surface area (Å²) in [7, 11) is 0. The van der Waals surface area contributed by atoms with Crippen molar-refractivity contribution in [1.29, 1.82) is 0 Å². The summed E-state index contributed by atoms with van der Waals surface area (Å²) in [6.07, 6.45) is 4.91. The maximum absolute atomic E-state index is 4.45. The van der Waals surface area contributed by atoms with E-state index in [-0.39, 0.29) is 0 Å². The van der Waals surface area contributed by atoms with Gasteiger partial charge in [-0.1, -0.05) is 12.1 Å². The summed E-state index contributed by atoms with van der Waals surface area (Å²) in [5.74, 6) is 1.09. The van der Waals surface area contributed by atoms with Crippen LogP contribution in [0.5, 0.6) is 0 Å². The molecule has 1 fully saturated rings. The Labute approximate surface area is 120 Å². The molecule has 3 heterocycles. The van der Waals surface area contributed by atoms with Crippen molar-refractivity contribution < 1.29 is 0 Å². The first-order valence-electron chi connectivity index (χ1n) is 7.20. The fraction of sp³-hybridized carbons (Fsp3) is 0.375. The molecule has 0 amide bonds. The number of rotatable bonds is 3. The van der Waals surface area contributed by atoms with Crippen molar-refractivity contribution in [1.82, 2.24) is 14.9 Å². The molecule has 0 atom stereocenters. The molecule has 2 aromatic rings. The maximum atomic E-state index is 4.45. The fourth-order valence-corrected chi connectivity index (χ4v) is 2.62. The molecule has 104 valence electrons. The molecule has 0 unspecified atom stereocenters. The molecule has 3 rings (SSSR count). The Morgan fingerprint density at radius 3 is 2.45 bits per heavy atom. The van der Waals surface area contributed by atoms with Gasteiger partial charge < -0.3 is 4.90 Å². The Hall–Kier alpha value is -1.94. The monoisotopic (exact) mass is 268 g/mol. The highest BCUT2D eigenvalue weighted by Crippen LogP contribution is 2.13. The summed E-state index contributed by atoms with van der Waals surface area (Å²) in [6, 6.07) is 12.2. The first-order valence-corrected chi connectivity index (χ1v) is 7.20. The van der Waals surface area contributed by atoms with E-state index >= 15 is 0 Å². The number of nitrogens with zero attached hydrogens (tertiary/aromatic N) is 4. The predicted molar refractivity (Wildman–Crippen MR) is 80.6 cm³/mol. The Balaban J connectivity index is 1.60. The van der Waals surface area contributed by atoms with Crippen LogP contribution >= 0.6 is 0 Å². The summed E-state index contributed by atoms with van der Waals surface area (Å²) < 4.78 is 0. The number of hydrogen-bond acceptors (Lipinski definition) is 4. The van der Waals surface area contributed by atoms with Crippen LogP contribution < -0.4 is 4.90 Å². The molecule has 0 saturated carbocycles. The van der Waals surface area contributed by atoms with Gasteiger partial charge in [0.1, 0.15) is 5.82 Å². The topological polar surface area (TPSA) is 32.3 Å². The van der Waals surface area contributed by atoms with E-state index in [1.54, 1.807) is 0 Å². The number of anilines is 1. The molecule has 1 saturated heterocycles. The molecule has 2 aromatic heterocycles. The minimum Gasteiger partial charge on any atom is -0.355 e. The zero-order chi connectivity index (χ0) is 13.6. The molecule has 1 aliphatic heterocycles. The van der Waals surface area contributed by atoms with E-state index in [0.717, 1.165) is 44.2 Å². The molecule has 0 aromatic carbocycles. The smallest absolute Gasteiger partial charge is 0.128 e. The third-order valence-electron chi connectivity index (χ3n) is 3.67. The molecule has 0 aliphatic carbocycles. The van der Waals surface area contributed by atoms with Crippen LogP contribution in [0.25, 0.3) is 0 Å². The highest BCUT2D eigenvalue weighted by atomic mass is 15.2. The number of aromatic nitrogens is 2. The molecule has 4 heteroatoms. The molecule has 0 spiro atoms. The van der Waals surface area contributed by atoms with Crippen molar-refractivity contribution in [2.24, 2.45) is 0 Å². The van der Waals surface area contributed by atoms with Crippen molar-refractivity contribution in [2.45, 2.75) is 13.0 Å². The maximum Gasteiger partial charge on any atom is 0.128 e. The standard InChI is InChI=1S/C16H20N4/c1-3-8-17-15(6-1)14-19-10-5-11-20(13-12-19)16-7-2-4-9-18-16/h1-4,6-9H,5,10-14H2. The van der Waals surface area contributed by atoms with Gasteiger partial charge in [0.15, 0.2) is 0 Å². The van der Waals surface area contributed by atoms with Crippen LogP contribution in [0.1, 0.15) is 12.1 Å². The summed E-state index contributed by atoms with van der Waals surface area (Å²) in [4.78, 5) is 13.7. The Kier molecular flexibility index (Phi) is 4.23. The van der Waals surface area contributed by atoms with Crippen molar-refractivity contribution in [3.05, 3.63) is 54.5 Å². The second-order valence-electron chi connectivity index (χ2n) is 5.13. The molecule has 0 radical (unpaired) electrons. The minimum absolute atomic E-state index is 0.941. The molecule has 20 heavy (non-hydrogen) atoms. The lowest BCUT2D eigenvalue weighted by Gasteiger charge is -2.22. The van der Waals surface area contributed by atoms with Crippen molar-refractivity contribution in [2.75, 3.05) is 31.1 Å². The van der Waals surface area contributed by atoms with Gasteiger partial charge in [-0.05, 0) is 30.7 Å². The summed E-state index contributed by atoms with van der Waals surface area (Å²) in [5.41, 5.74) is 1.15. The first-order chi connectivity index (χ1) is 9.92. The van der Waals surface area contributed by atoms with Crippen LogP contribution in [-0.4, -0.2) is 41.0 Å². The Morgan fingerprint density at radius 2 is 1.70 bits per heavy atom. The van der Waals surface area contributed by atoms with E-state index in [1.165, 1.54) is 6.42 Å². The van der Waals surface area contributed by atoms with Gasteiger partial charge in [0.2, 0.25) is 0 Å². The van der Waals surface area contributed by atoms with Crippen molar-refractivity contribution in [3.8, 4) is 0 Å². The lowest BCUT2D eigenvalue weighted by molar-refractivity contribution is 0.282. The van der Waals surface area contributed by atoms with Crippen LogP contribution in [0, 0.1) is 0 Å². The van der Waals surface area contributed by atoms with Crippen LogP contribution in [0.4, 0.5) is 5.82 Å². The third kappa shape index (κ3) is 3.33. The van der Waals surface area contributed by atoms with E-state index in [9.17, 15) is 0 Å². The van der Waals surface area contributed by atoms with Crippen LogP contribution in [-0.2, 0) is 6.54 Å². The van der Waals surface area contributed by atoms with Crippen molar-refractivity contribution >= 4 is 5.82 Å². The second kappa shape index (κ2) is 6.48. The summed E-state index contributed by atoms with van der Waals surface area (Å²) in [6.45, 7) is 5.24. The molecular weight excluding hydrogens is 248 g/mol. The van der Waals surface area contributed by atoms with Gasteiger partial charge >= 0.3 is 0 Å². The predicted octanol–water partition coefficient (Wildman–Crippen LogP) is 2.19. The minimum atomic E-state index is 0.941. The van der Waals surface area contributed by atoms with E-state index < -0.39 is 0 Å². The zero-order valence-corrected chi connectivity index (χ0v) is 11.7. The van der Waals surface area contributed by atoms with Gasteiger partial charge in [0.25, 0.3) is 0 Å². The largest absolute Gasteiger partial charge is 0.355 e. The van der Waals surface area contributed by atoms with Crippen LogP contribution in [0.15, 0.2) is 48.8 Å². The van der Waals surface area contributed by atoms with Crippen molar-refractivity contribution in [3.63, 3.8) is 0 Å². The lowest BCUT2D eigenvalue weighted by Crippen LogP contribution is -2.31. The van der Waals surface area contributed by atoms with E-state index in [2.05, 4.69) is 44.0 Å². The first kappa shape index (κ1) is 13.1. The molecule has 0 N–H and O–H groups in total. The van der Waals surface area contributed by atoms with E-state index in [1.807, 2.05) is 24.5 Å². The lowest BCUT2D eigenvalue weighted by atomic mass is 10.3. The average Bonchev–Trinajstić information content (AvgIpc) is 2.75. The average molecular weight is 268 g/mol. The summed E-state index contributed by atoms with van der Waals surface area (Å²) in [5, 5.41) is 0. The SMILES string of the molecule is c1ccc(CN2CCCN(c3ccccn3)CC2)nc1. The van der Waals surface area contributed by atoms with Crippen LogP contribution in [0.2, 0.25) is 0 Å². The van der Waals surface area contributed by atoms with Gasteiger partial charge in [-0.2, -0.15) is 0 Å². The quantitative estimate of drug-likeness (QED) is 0.854. The normalized spacial score (nSPS) is 16.9. The number of pyridine rings is 2. The molecule has 1 aliphatic rings. The van der Waals surface area contributed by atoms with E-state index in [0.29, 0.717) is 0 Å². The number of hydrogen-bond donors (Lipinski definition) is 0. The van der Waals surface area contributed by atoms with Gasteiger partial charge in [0, 0.05) is 45.1 Å². The van der Waals surface area contributed by atoms with Gasteiger partial charge in [-0.25, -0.2) is 4.98 Å². The molecule has 4 nitrogen and oxygen atoms in total. The Bertz CT molecular complexity index is 515. The van der Waals surface area contributed by atoms with Gasteiger partial charge in [-0.15, -0.1) is 0 Å². The highest BCUT2D eigenvalue weighted by molar-refractivity contribution is 5.37. The van der Waals surface area contributed by atoms with Gasteiger partial charge in [-0.3, -0.25) is 9.88 Å². The van der Waals surface area contributed by atoms with Crippen LogP contribution in [0.3, 0.4) is 0 Å². The molecule has 0 bridgehead atoms. The highest BCUT2D eigenvalue weighted by Gasteiger charge is 2.16.